The Morgan fingerprint density at radius 3 is 2.94 bits per heavy atom. The number of thiocarbonyl (C=S) groups is 1. The number of rotatable bonds is 7. The Morgan fingerprint density at radius 1 is 1.56 bits per heavy atom. The summed E-state index contributed by atoms with van der Waals surface area (Å²) in [6.45, 7) is 5.45. The number of hydrogen-bond donors (Lipinski definition) is 1. The van der Waals surface area contributed by atoms with Gasteiger partial charge >= 0.3 is 0 Å². The molecular formula is C14H21N3S. The van der Waals surface area contributed by atoms with E-state index in [1.807, 2.05) is 6.07 Å². The van der Waals surface area contributed by atoms with E-state index in [0.717, 1.165) is 30.3 Å². The molecule has 0 saturated heterocycles. The number of nitrogens with two attached hydrogens (primary N) is 1. The highest BCUT2D eigenvalue weighted by molar-refractivity contribution is 7.80. The summed E-state index contributed by atoms with van der Waals surface area (Å²) >= 11 is 5.06. The lowest BCUT2D eigenvalue weighted by molar-refractivity contribution is 0.254. The number of nitrogens with zero attached hydrogens (tertiary/aromatic N) is 2. The molecule has 0 aliphatic heterocycles. The van der Waals surface area contributed by atoms with E-state index in [9.17, 15) is 0 Å². The Morgan fingerprint density at radius 2 is 2.33 bits per heavy atom. The van der Waals surface area contributed by atoms with Crippen molar-refractivity contribution < 1.29 is 0 Å². The van der Waals surface area contributed by atoms with Crippen LogP contribution in [0.2, 0.25) is 0 Å². The highest BCUT2D eigenvalue weighted by Gasteiger charge is 2.24. The van der Waals surface area contributed by atoms with Gasteiger partial charge in [0.05, 0.1) is 0 Å². The summed E-state index contributed by atoms with van der Waals surface area (Å²) in [5.41, 5.74) is 7.66. The van der Waals surface area contributed by atoms with Crippen molar-refractivity contribution in [2.45, 2.75) is 32.7 Å². The second-order valence-electron chi connectivity index (χ2n) is 5.05. The predicted molar refractivity (Wildman–Crippen MR) is 78.4 cm³/mol. The maximum atomic E-state index is 5.73. The number of hydrogen-bond acceptors (Lipinski definition) is 3. The van der Waals surface area contributed by atoms with Gasteiger partial charge in [-0.05, 0) is 43.4 Å². The second kappa shape index (κ2) is 6.25. The molecule has 2 rings (SSSR count). The number of aromatic nitrogens is 1. The van der Waals surface area contributed by atoms with Crippen LogP contribution < -0.4 is 5.73 Å². The highest BCUT2D eigenvalue weighted by Crippen LogP contribution is 2.30. The quantitative estimate of drug-likeness (QED) is 0.767. The van der Waals surface area contributed by atoms with Crippen LogP contribution in [0, 0.1) is 5.92 Å². The van der Waals surface area contributed by atoms with E-state index in [-0.39, 0.29) is 0 Å². The molecule has 0 bridgehead atoms. The van der Waals surface area contributed by atoms with Crippen molar-refractivity contribution in [1.82, 2.24) is 9.88 Å². The Bertz CT molecular complexity index is 415. The smallest absolute Gasteiger partial charge is 0.123 e. The molecule has 18 heavy (non-hydrogen) atoms. The summed E-state index contributed by atoms with van der Waals surface area (Å²) in [6, 6.07) is 4.04. The molecule has 98 valence electrons. The van der Waals surface area contributed by atoms with Crippen LogP contribution >= 0.6 is 12.2 Å². The molecule has 2 N–H and O–H groups in total. The molecule has 0 amide bonds. The molecule has 4 heteroatoms. The van der Waals surface area contributed by atoms with Crippen molar-refractivity contribution in [3.05, 3.63) is 29.6 Å². The van der Waals surface area contributed by atoms with Gasteiger partial charge < -0.3 is 5.73 Å². The van der Waals surface area contributed by atoms with Crippen molar-refractivity contribution in [3.63, 3.8) is 0 Å². The van der Waals surface area contributed by atoms with Crippen molar-refractivity contribution in [1.29, 1.82) is 0 Å². The van der Waals surface area contributed by atoms with Crippen LogP contribution in [0.4, 0.5) is 0 Å². The van der Waals surface area contributed by atoms with Crippen LogP contribution in [0.3, 0.4) is 0 Å². The highest BCUT2D eigenvalue weighted by atomic mass is 32.1. The maximum Gasteiger partial charge on any atom is 0.123 e. The third-order valence-electron chi connectivity index (χ3n) is 3.27. The maximum absolute atomic E-state index is 5.73. The molecule has 1 aliphatic carbocycles. The zero-order valence-corrected chi connectivity index (χ0v) is 11.7. The van der Waals surface area contributed by atoms with E-state index in [4.69, 9.17) is 18.0 Å². The second-order valence-corrected chi connectivity index (χ2v) is 5.49. The summed E-state index contributed by atoms with van der Waals surface area (Å²) in [5, 5.41) is 0. The first-order chi connectivity index (χ1) is 8.70. The van der Waals surface area contributed by atoms with Crippen molar-refractivity contribution in [3.8, 4) is 0 Å². The molecule has 1 aromatic rings. The first-order valence-corrected chi connectivity index (χ1v) is 7.07. The van der Waals surface area contributed by atoms with Crippen LogP contribution in [0.5, 0.6) is 0 Å². The fourth-order valence-corrected chi connectivity index (χ4v) is 2.43. The number of pyridine rings is 1. The van der Waals surface area contributed by atoms with E-state index in [2.05, 4.69) is 22.9 Å². The lowest BCUT2D eigenvalue weighted by Crippen LogP contribution is -2.28. The van der Waals surface area contributed by atoms with E-state index in [1.54, 1.807) is 6.20 Å². The average molecular weight is 263 g/mol. The molecule has 0 aromatic carbocycles. The molecule has 0 atom stereocenters. The normalized spacial score (nSPS) is 15.0. The predicted octanol–water partition coefficient (Wildman–Crippen LogP) is 2.34. The third kappa shape index (κ3) is 3.75. The zero-order valence-electron chi connectivity index (χ0n) is 10.9. The van der Waals surface area contributed by atoms with E-state index >= 15 is 0 Å². The van der Waals surface area contributed by atoms with Gasteiger partial charge in [0.1, 0.15) is 10.7 Å². The van der Waals surface area contributed by atoms with Gasteiger partial charge in [0.15, 0.2) is 0 Å². The van der Waals surface area contributed by atoms with Gasteiger partial charge in [-0.2, -0.15) is 0 Å². The van der Waals surface area contributed by atoms with Gasteiger partial charge in [-0.1, -0.05) is 25.2 Å². The molecule has 1 heterocycles. The van der Waals surface area contributed by atoms with E-state index < -0.39 is 0 Å². The van der Waals surface area contributed by atoms with Crippen molar-refractivity contribution in [2.24, 2.45) is 11.7 Å². The molecule has 1 aliphatic rings. The summed E-state index contributed by atoms with van der Waals surface area (Å²) in [7, 11) is 0. The molecule has 0 unspecified atom stereocenters. The first-order valence-electron chi connectivity index (χ1n) is 6.66. The monoisotopic (exact) mass is 263 g/mol. The van der Waals surface area contributed by atoms with Crippen molar-refractivity contribution in [2.75, 3.05) is 13.1 Å². The van der Waals surface area contributed by atoms with Gasteiger partial charge in [0.25, 0.3) is 0 Å². The molecule has 1 aromatic heterocycles. The summed E-state index contributed by atoms with van der Waals surface area (Å²) in [6.07, 6.45) is 5.70. The fraction of sp³-hybridized carbons (Fsp3) is 0.571. The van der Waals surface area contributed by atoms with Gasteiger partial charge in [-0.15, -0.1) is 0 Å². The van der Waals surface area contributed by atoms with Crippen LogP contribution in [0.1, 0.15) is 37.4 Å². The van der Waals surface area contributed by atoms with Crippen molar-refractivity contribution >= 4 is 17.2 Å². The van der Waals surface area contributed by atoms with Crippen LogP contribution in [-0.4, -0.2) is 28.0 Å². The van der Waals surface area contributed by atoms with Crippen LogP contribution in [0.25, 0.3) is 0 Å². The minimum Gasteiger partial charge on any atom is -0.388 e. The Hall–Kier alpha value is -1.00. The standard InChI is InChI=1S/C14H21N3S/c1-2-8-17(9-11-5-6-11)10-12-4-3-7-16-13(12)14(15)18/h3-4,7,11H,2,5-6,8-10H2,1H3,(H2,15,18). The molecule has 1 saturated carbocycles. The van der Waals surface area contributed by atoms with E-state index in [1.165, 1.54) is 25.8 Å². The molecule has 1 fully saturated rings. The van der Waals surface area contributed by atoms with E-state index in [0.29, 0.717) is 4.99 Å². The first kappa shape index (κ1) is 13.4. The summed E-state index contributed by atoms with van der Waals surface area (Å²) in [5.74, 6) is 0.904. The lowest BCUT2D eigenvalue weighted by Gasteiger charge is -2.22. The molecule has 3 nitrogen and oxygen atoms in total. The SMILES string of the molecule is CCCN(Cc1cccnc1C(N)=S)CC1CC1. The Labute approximate surface area is 114 Å². The van der Waals surface area contributed by atoms with Crippen LogP contribution in [0.15, 0.2) is 18.3 Å². The largest absolute Gasteiger partial charge is 0.388 e. The minimum absolute atomic E-state index is 0.397. The van der Waals surface area contributed by atoms with Gasteiger partial charge in [0, 0.05) is 19.3 Å². The topological polar surface area (TPSA) is 42.2 Å². The summed E-state index contributed by atoms with van der Waals surface area (Å²) < 4.78 is 0. The van der Waals surface area contributed by atoms with Gasteiger partial charge in [-0.3, -0.25) is 9.88 Å². The fourth-order valence-electron chi connectivity index (χ4n) is 2.25. The molecule has 0 radical (unpaired) electrons. The molecular weight excluding hydrogens is 242 g/mol. The van der Waals surface area contributed by atoms with Gasteiger partial charge in [0.2, 0.25) is 0 Å². The zero-order chi connectivity index (χ0) is 13.0. The lowest BCUT2D eigenvalue weighted by atomic mass is 10.1. The average Bonchev–Trinajstić information content (AvgIpc) is 3.13. The van der Waals surface area contributed by atoms with Gasteiger partial charge in [-0.25, -0.2) is 0 Å². The summed E-state index contributed by atoms with van der Waals surface area (Å²) in [4.78, 5) is 7.19. The Kier molecular flexibility index (Phi) is 4.66. The van der Waals surface area contributed by atoms with Crippen LogP contribution in [-0.2, 0) is 6.54 Å². The minimum atomic E-state index is 0.397. The third-order valence-corrected chi connectivity index (χ3v) is 3.47. The molecule has 0 spiro atoms. The Balaban J connectivity index is 2.06.